The van der Waals surface area contributed by atoms with Crippen LogP contribution in [0.15, 0.2) is 11.6 Å². The van der Waals surface area contributed by atoms with Gasteiger partial charge in [-0.15, -0.1) is 0 Å². The SMILES string of the molecule is COC(=O)/C=C(\C)C(C(C)CC(C)CCCCC1OC(=O)C1CO)C1CO1. The topological polar surface area (TPSA) is 85.4 Å². The molecule has 0 amide bonds. The van der Waals surface area contributed by atoms with Gasteiger partial charge in [-0.05, 0) is 38.0 Å². The maximum absolute atomic E-state index is 11.6. The van der Waals surface area contributed by atoms with E-state index in [0.717, 1.165) is 44.3 Å². The normalized spacial score (nSPS) is 28.0. The van der Waals surface area contributed by atoms with Crippen molar-refractivity contribution in [1.82, 2.24) is 0 Å². The second kappa shape index (κ2) is 10.2. The number of ether oxygens (including phenoxy) is 3. The predicted octanol–water partition coefficient (Wildman–Crippen LogP) is 2.88. The molecule has 0 aromatic carbocycles. The Hall–Kier alpha value is -1.40. The summed E-state index contributed by atoms with van der Waals surface area (Å²) < 4.78 is 15.4. The molecule has 0 bridgehead atoms. The number of methoxy groups -OCH3 is 1. The van der Waals surface area contributed by atoms with Crippen molar-refractivity contribution in [3.63, 3.8) is 0 Å². The summed E-state index contributed by atoms with van der Waals surface area (Å²) in [6, 6.07) is 0. The van der Waals surface area contributed by atoms with Gasteiger partial charge in [-0.25, -0.2) is 4.79 Å². The number of esters is 2. The molecule has 0 spiro atoms. The minimum Gasteiger partial charge on any atom is -0.466 e. The maximum Gasteiger partial charge on any atom is 0.330 e. The largest absolute Gasteiger partial charge is 0.466 e. The number of carbonyl (C=O) groups is 2. The number of hydrogen-bond acceptors (Lipinski definition) is 6. The van der Waals surface area contributed by atoms with Crippen molar-refractivity contribution in [2.24, 2.45) is 23.7 Å². The number of hydrogen-bond donors (Lipinski definition) is 1. The Morgan fingerprint density at radius 1 is 1.37 bits per heavy atom. The number of aliphatic hydroxyl groups is 1. The molecule has 0 saturated carbocycles. The standard InChI is InChI=1S/C21H34O6/c1-13(7-5-6-8-17-16(11-22)21(24)27-17)9-14(2)20(18-12-26-18)15(3)10-19(23)25-4/h10,13-14,16-18,20,22H,5-9,11-12H2,1-4H3/b15-10+. The van der Waals surface area contributed by atoms with E-state index in [1.807, 2.05) is 6.92 Å². The van der Waals surface area contributed by atoms with Gasteiger partial charge >= 0.3 is 11.9 Å². The van der Waals surface area contributed by atoms with Crippen LogP contribution in [0.2, 0.25) is 0 Å². The van der Waals surface area contributed by atoms with Gasteiger partial charge < -0.3 is 19.3 Å². The van der Waals surface area contributed by atoms with E-state index in [1.165, 1.54) is 7.11 Å². The summed E-state index contributed by atoms with van der Waals surface area (Å²) >= 11 is 0. The third kappa shape index (κ3) is 6.32. The molecule has 1 N–H and O–H groups in total. The number of rotatable bonds is 12. The molecule has 2 rings (SSSR count). The van der Waals surface area contributed by atoms with Crippen molar-refractivity contribution >= 4 is 11.9 Å². The quantitative estimate of drug-likeness (QED) is 0.242. The summed E-state index contributed by atoms with van der Waals surface area (Å²) in [5.41, 5.74) is 1.03. The van der Waals surface area contributed by atoms with E-state index in [9.17, 15) is 9.59 Å². The lowest BCUT2D eigenvalue weighted by atomic mass is 9.79. The van der Waals surface area contributed by atoms with E-state index in [2.05, 4.69) is 13.8 Å². The molecule has 0 aromatic heterocycles. The van der Waals surface area contributed by atoms with E-state index in [1.54, 1.807) is 6.08 Å². The molecule has 2 aliphatic heterocycles. The zero-order valence-corrected chi connectivity index (χ0v) is 17.0. The van der Waals surface area contributed by atoms with Crippen LogP contribution in [0.3, 0.4) is 0 Å². The van der Waals surface area contributed by atoms with E-state index < -0.39 is 0 Å². The van der Waals surface area contributed by atoms with Crippen LogP contribution >= 0.6 is 0 Å². The monoisotopic (exact) mass is 382 g/mol. The number of epoxide rings is 1. The van der Waals surface area contributed by atoms with Crippen LogP contribution in [0, 0.1) is 23.7 Å². The molecule has 6 atom stereocenters. The Labute approximate surface area is 162 Å². The predicted molar refractivity (Wildman–Crippen MR) is 101 cm³/mol. The first-order valence-electron chi connectivity index (χ1n) is 10.1. The fourth-order valence-corrected chi connectivity index (χ4v) is 4.30. The average Bonchev–Trinajstić information content (AvgIpc) is 3.42. The van der Waals surface area contributed by atoms with Crippen LogP contribution in [0.1, 0.15) is 52.9 Å². The smallest absolute Gasteiger partial charge is 0.330 e. The number of cyclic esters (lactones) is 1. The van der Waals surface area contributed by atoms with Crippen LogP contribution in [-0.2, 0) is 23.8 Å². The van der Waals surface area contributed by atoms with Crippen molar-refractivity contribution in [2.75, 3.05) is 20.3 Å². The van der Waals surface area contributed by atoms with Crippen molar-refractivity contribution in [2.45, 2.75) is 65.1 Å². The average molecular weight is 382 g/mol. The van der Waals surface area contributed by atoms with Gasteiger partial charge in [0.2, 0.25) is 0 Å². The highest BCUT2D eigenvalue weighted by molar-refractivity contribution is 5.82. The van der Waals surface area contributed by atoms with Gasteiger partial charge in [0.25, 0.3) is 0 Å². The lowest BCUT2D eigenvalue weighted by molar-refractivity contribution is -0.189. The first kappa shape index (κ1) is 21.9. The molecule has 154 valence electrons. The summed E-state index contributed by atoms with van der Waals surface area (Å²) in [4.78, 5) is 22.7. The highest BCUT2D eigenvalue weighted by atomic mass is 16.6. The zero-order chi connectivity index (χ0) is 20.0. The van der Waals surface area contributed by atoms with Crippen LogP contribution < -0.4 is 0 Å². The van der Waals surface area contributed by atoms with E-state index >= 15 is 0 Å². The third-order valence-corrected chi connectivity index (χ3v) is 5.87. The number of carbonyl (C=O) groups excluding carboxylic acids is 2. The van der Waals surface area contributed by atoms with Gasteiger partial charge in [0.15, 0.2) is 0 Å². The lowest BCUT2D eigenvalue weighted by Crippen LogP contribution is -2.47. The molecular weight excluding hydrogens is 348 g/mol. The molecule has 2 saturated heterocycles. The van der Waals surface area contributed by atoms with E-state index in [0.29, 0.717) is 11.8 Å². The molecule has 0 aliphatic carbocycles. The summed E-state index contributed by atoms with van der Waals surface area (Å²) in [5.74, 6) is 0.367. The zero-order valence-electron chi connectivity index (χ0n) is 17.0. The summed E-state index contributed by atoms with van der Waals surface area (Å²) in [6.45, 7) is 7.14. The van der Waals surface area contributed by atoms with Crippen LogP contribution in [0.5, 0.6) is 0 Å². The van der Waals surface area contributed by atoms with Gasteiger partial charge in [-0.3, -0.25) is 4.79 Å². The molecule has 0 radical (unpaired) electrons. The van der Waals surface area contributed by atoms with E-state index in [-0.39, 0.29) is 42.6 Å². The van der Waals surface area contributed by atoms with E-state index in [4.69, 9.17) is 19.3 Å². The summed E-state index contributed by atoms with van der Waals surface area (Å²) in [5, 5.41) is 9.14. The van der Waals surface area contributed by atoms with Gasteiger partial charge in [-0.1, -0.05) is 32.3 Å². The second-order valence-corrected chi connectivity index (χ2v) is 8.18. The Bertz CT molecular complexity index is 539. The molecule has 27 heavy (non-hydrogen) atoms. The van der Waals surface area contributed by atoms with Crippen LogP contribution in [0.25, 0.3) is 0 Å². The minimum absolute atomic E-state index is 0.0979. The highest BCUT2D eigenvalue weighted by Gasteiger charge is 2.41. The molecule has 2 aliphatic rings. The Morgan fingerprint density at radius 2 is 2.07 bits per heavy atom. The fraction of sp³-hybridized carbons (Fsp3) is 0.810. The van der Waals surface area contributed by atoms with Crippen molar-refractivity contribution in [1.29, 1.82) is 0 Å². The maximum atomic E-state index is 11.6. The Balaban J connectivity index is 1.71. The number of unbranched alkanes of at least 4 members (excludes halogenated alkanes) is 1. The van der Waals surface area contributed by atoms with Crippen LogP contribution in [-0.4, -0.2) is 49.6 Å². The minimum atomic E-state index is -0.314. The molecule has 2 heterocycles. The third-order valence-electron chi connectivity index (χ3n) is 5.87. The molecular formula is C21H34O6. The Kier molecular flexibility index (Phi) is 8.29. The summed E-state index contributed by atoms with van der Waals surface area (Å²) in [7, 11) is 1.40. The van der Waals surface area contributed by atoms with Gasteiger partial charge in [0, 0.05) is 12.0 Å². The van der Waals surface area contributed by atoms with Crippen molar-refractivity contribution < 1.29 is 28.9 Å². The van der Waals surface area contributed by atoms with Crippen molar-refractivity contribution in [3.05, 3.63) is 11.6 Å². The molecule has 0 aromatic rings. The van der Waals surface area contributed by atoms with Gasteiger partial charge in [0.1, 0.15) is 12.0 Å². The molecule has 6 nitrogen and oxygen atoms in total. The molecule has 6 unspecified atom stereocenters. The lowest BCUT2D eigenvalue weighted by Gasteiger charge is -2.34. The first-order valence-corrected chi connectivity index (χ1v) is 10.1. The summed E-state index contributed by atoms with van der Waals surface area (Å²) in [6.07, 6.45) is 6.83. The van der Waals surface area contributed by atoms with Crippen molar-refractivity contribution in [3.8, 4) is 0 Å². The Morgan fingerprint density at radius 3 is 2.63 bits per heavy atom. The van der Waals surface area contributed by atoms with Gasteiger partial charge in [0.05, 0.1) is 26.4 Å². The first-order chi connectivity index (χ1) is 12.9. The second-order valence-electron chi connectivity index (χ2n) is 8.18. The number of aliphatic hydroxyl groups excluding tert-OH is 1. The van der Waals surface area contributed by atoms with Crippen LogP contribution in [0.4, 0.5) is 0 Å². The molecule has 6 heteroatoms. The highest BCUT2D eigenvalue weighted by Crippen LogP contribution is 2.37. The molecule has 2 fully saturated rings. The van der Waals surface area contributed by atoms with Gasteiger partial charge in [-0.2, -0.15) is 0 Å². The fourth-order valence-electron chi connectivity index (χ4n) is 4.30.